The Balaban J connectivity index is 1.52. The van der Waals surface area contributed by atoms with Crippen molar-refractivity contribution in [3.05, 3.63) is 126 Å². The third-order valence-electron chi connectivity index (χ3n) is 7.67. The smallest absolute Gasteiger partial charge is 0.216 e. The largest absolute Gasteiger partial charge is 0.454 e. The number of furan rings is 1. The van der Waals surface area contributed by atoms with Gasteiger partial charge in [0.05, 0.1) is 5.56 Å². The molecule has 7 rings (SSSR count). The normalized spacial score (nSPS) is 19.8. The van der Waals surface area contributed by atoms with Crippen molar-refractivity contribution in [1.29, 1.82) is 0 Å². The fourth-order valence-electron chi connectivity index (χ4n) is 5.88. The maximum Gasteiger partial charge on any atom is 0.216 e. The first-order chi connectivity index (χ1) is 19.3. The van der Waals surface area contributed by atoms with Crippen LogP contribution in [-0.2, 0) is 13.4 Å². The van der Waals surface area contributed by atoms with E-state index in [0.29, 0.717) is 12.0 Å². The predicted molar refractivity (Wildman–Crippen MR) is 152 cm³/mol. The summed E-state index contributed by atoms with van der Waals surface area (Å²) in [6, 6.07) is 32.3. The molecule has 1 aliphatic carbocycles. The van der Waals surface area contributed by atoms with Crippen molar-refractivity contribution in [2.24, 2.45) is 7.05 Å². The molecule has 1 aliphatic rings. The number of fused-ring (bicyclic) bond motifs is 4. The van der Waals surface area contributed by atoms with Crippen LogP contribution >= 0.6 is 0 Å². The highest BCUT2D eigenvalue weighted by Gasteiger charge is 2.26. The van der Waals surface area contributed by atoms with Gasteiger partial charge in [0.15, 0.2) is 6.20 Å². The van der Waals surface area contributed by atoms with Crippen LogP contribution in [0.2, 0.25) is 0 Å². The van der Waals surface area contributed by atoms with Crippen LogP contribution in [0.4, 0.5) is 0 Å². The van der Waals surface area contributed by atoms with Crippen LogP contribution in [0.5, 0.6) is 0 Å². The zero-order chi connectivity index (χ0) is 27.6. The monoisotopic (exact) mass is 483 g/mol. The van der Waals surface area contributed by atoms with E-state index < -0.39 is 12.3 Å². The number of benzene rings is 4. The average Bonchev–Trinajstić information content (AvgIpc) is 3.35. The lowest BCUT2D eigenvalue weighted by Gasteiger charge is -2.28. The molecule has 1 atom stereocenters. The van der Waals surface area contributed by atoms with Gasteiger partial charge in [0.1, 0.15) is 18.2 Å². The zero-order valence-corrected chi connectivity index (χ0v) is 21.1. The van der Waals surface area contributed by atoms with Crippen LogP contribution in [0, 0.1) is 6.92 Å². The number of aromatic nitrogens is 1. The predicted octanol–water partition coefficient (Wildman–Crippen LogP) is 8.52. The zero-order valence-electron chi connectivity index (χ0n) is 24.1. The first kappa shape index (κ1) is 19.0. The number of hydrogen-bond acceptors (Lipinski definition) is 1. The molecule has 1 unspecified atom stereocenters. The molecule has 2 aromatic heterocycles. The summed E-state index contributed by atoms with van der Waals surface area (Å²) in [5, 5.41) is 2.04. The van der Waals surface area contributed by atoms with E-state index >= 15 is 0 Å². The lowest BCUT2D eigenvalue weighted by Crippen LogP contribution is -2.30. The molecule has 0 saturated carbocycles. The fraction of sp³-hybridized carbons (Fsp3) is 0.171. The average molecular weight is 484 g/mol. The molecule has 37 heavy (non-hydrogen) atoms. The van der Waals surface area contributed by atoms with Gasteiger partial charge in [0.25, 0.3) is 0 Å². The maximum atomic E-state index is 9.60. The van der Waals surface area contributed by atoms with Gasteiger partial charge in [0.2, 0.25) is 5.69 Å². The number of para-hydroxylation sites is 1. The molecule has 0 saturated heterocycles. The molecule has 2 heterocycles. The van der Waals surface area contributed by atoms with Crippen molar-refractivity contribution in [2.45, 2.75) is 32.0 Å². The molecule has 180 valence electrons. The van der Waals surface area contributed by atoms with Gasteiger partial charge in [-0.2, -0.15) is 0 Å². The van der Waals surface area contributed by atoms with Crippen molar-refractivity contribution < 1.29 is 13.1 Å². The second-order valence-corrected chi connectivity index (χ2v) is 9.86. The standard InChI is InChI=1S/C35H30NO/c1-23-20-21-31-30-18-10-17-29(34(30)37-35(31)33(23)32-19-6-7-22-36(32)2)28-16-9-14-26-25(13-8-15-27(26)28)24-11-4-3-5-12-24/h3-7,9-12,14,16-22,25H,8,13,15H2,1-2H3/q+1/i15D2,25D. The fourth-order valence-corrected chi connectivity index (χ4v) is 5.88. The summed E-state index contributed by atoms with van der Waals surface area (Å²) in [4.78, 5) is 0. The summed E-state index contributed by atoms with van der Waals surface area (Å²) in [6.07, 6.45) is 1.17. The molecular formula is C35H30NO+. The minimum absolute atomic E-state index is 0.277. The second kappa shape index (κ2) is 8.74. The van der Waals surface area contributed by atoms with Crippen molar-refractivity contribution in [1.82, 2.24) is 0 Å². The quantitative estimate of drug-likeness (QED) is 0.231. The summed E-state index contributed by atoms with van der Waals surface area (Å²) >= 11 is 0. The van der Waals surface area contributed by atoms with Crippen LogP contribution in [0.25, 0.3) is 44.3 Å². The highest BCUT2D eigenvalue weighted by molar-refractivity contribution is 6.13. The first-order valence-electron chi connectivity index (χ1n) is 14.4. The van der Waals surface area contributed by atoms with E-state index in [4.69, 9.17) is 7.16 Å². The molecule has 4 aromatic carbocycles. The minimum atomic E-state index is -1.57. The molecule has 0 bridgehead atoms. The van der Waals surface area contributed by atoms with Crippen LogP contribution in [0.1, 0.15) is 45.1 Å². The van der Waals surface area contributed by atoms with Crippen molar-refractivity contribution in [3.8, 4) is 22.4 Å². The lowest BCUT2D eigenvalue weighted by atomic mass is 9.76. The Morgan fingerprint density at radius 3 is 2.46 bits per heavy atom. The number of aryl methyl sites for hydroxylation is 2. The minimum Gasteiger partial charge on any atom is -0.454 e. The molecule has 0 N–H and O–H groups in total. The van der Waals surface area contributed by atoms with Gasteiger partial charge in [-0.15, -0.1) is 0 Å². The van der Waals surface area contributed by atoms with E-state index in [-0.39, 0.29) is 6.42 Å². The van der Waals surface area contributed by atoms with Crippen molar-refractivity contribution in [2.75, 3.05) is 0 Å². The summed E-state index contributed by atoms with van der Waals surface area (Å²) < 4.78 is 36.7. The molecule has 0 amide bonds. The summed E-state index contributed by atoms with van der Waals surface area (Å²) in [5.74, 6) is -1.02. The van der Waals surface area contributed by atoms with Crippen molar-refractivity contribution in [3.63, 3.8) is 0 Å². The Morgan fingerprint density at radius 1 is 0.811 bits per heavy atom. The van der Waals surface area contributed by atoms with Crippen LogP contribution < -0.4 is 4.57 Å². The van der Waals surface area contributed by atoms with E-state index in [1.54, 1.807) is 0 Å². The molecule has 2 heteroatoms. The third kappa shape index (κ3) is 3.51. The Kier molecular flexibility index (Phi) is 4.49. The highest BCUT2D eigenvalue weighted by atomic mass is 16.3. The Labute approximate surface area is 222 Å². The first-order valence-corrected chi connectivity index (χ1v) is 12.9. The lowest BCUT2D eigenvalue weighted by molar-refractivity contribution is -0.660. The molecule has 0 radical (unpaired) electrons. The van der Waals surface area contributed by atoms with E-state index in [1.807, 2.05) is 86.0 Å². The van der Waals surface area contributed by atoms with E-state index in [9.17, 15) is 1.37 Å². The van der Waals surface area contributed by atoms with Gasteiger partial charge < -0.3 is 4.42 Å². The van der Waals surface area contributed by atoms with Gasteiger partial charge in [-0.1, -0.05) is 78.9 Å². The van der Waals surface area contributed by atoms with Crippen molar-refractivity contribution >= 4 is 21.9 Å². The Bertz CT molecular complexity index is 1920. The van der Waals surface area contributed by atoms with Gasteiger partial charge in [-0.25, -0.2) is 4.57 Å². The highest BCUT2D eigenvalue weighted by Crippen LogP contribution is 2.44. The number of hydrogen-bond donors (Lipinski definition) is 0. The summed E-state index contributed by atoms with van der Waals surface area (Å²) in [7, 11) is 2.04. The number of pyridine rings is 1. The molecule has 0 spiro atoms. The SMILES string of the molecule is [2H]C1([2H])CCC([2H])(c2ccccc2)c2cccc(-c3cccc4c3oc3c(-c5cccc[n+]5C)c(C)ccc34)c21. The van der Waals surface area contributed by atoms with Crippen LogP contribution in [-0.4, -0.2) is 0 Å². The van der Waals surface area contributed by atoms with E-state index in [0.717, 1.165) is 61.0 Å². The maximum absolute atomic E-state index is 9.60. The van der Waals surface area contributed by atoms with E-state index in [2.05, 4.69) is 35.8 Å². The Hall–Kier alpha value is -4.17. The third-order valence-corrected chi connectivity index (χ3v) is 7.67. The van der Waals surface area contributed by atoms with Gasteiger partial charge in [-0.05, 0) is 60.0 Å². The van der Waals surface area contributed by atoms with E-state index in [1.165, 1.54) is 0 Å². The molecular weight excluding hydrogens is 450 g/mol. The van der Waals surface area contributed by atoms with Gasteiger partial charge >= 0.3 is 0 Å². The Morgan fingerprint density at radius 2 is 1.59 bits per heavy atom. The van der Waals surface area contributed by atoms with Gasteiger partial charge in [0, 0.05) is 38.5 Å². The number of rotatable bonds is 3. The second-order valence-electron chi connectivity index (χ2n) is 9.86. The van der Waals surface area contributed by atoms with Crippen LogP contribution in [0.3, 0.4) is 0 Å². The molecule has 0 aliphatic heterocycles. The topological polar surface area (TPSA) is 17.0 Å². The summed E-state index contributed by atoms with van der Waals surface area (Å²) in [5.41, 5.74) is 8.70. The number of nitrogens with zero attached hydrogens (tertiary/aromatic N) is 1. The molecule has 6 aromatic rings. The van der Waals surface area contributed by atoms with Gasteiger partial charge in [-0.3, -0.25) is 0 Å². The molecule has 2 nitrogen and oxygen atoms in total. The molecule has 0 fully saturated rings. The van der Waals surface area contributed by atoms with Crippen LogP contribution in [0.15, 0.2) is 108 Å². The summed E-state index contributed by atoms with van der Waals surface area (Å²) in [6.45, 7) is 2.11.